The van der Waals surface area contributed by atoms with E-state index < -0.39 is 0 Å². The third kappa shape index (κ3) is 2.06. The Morgan fingerprint density at radius 3 is 2.46 bits per heavy atom. The number of hydrogen-bond donors (Lipinski definition) is 2. The SMILES string of the molecule is C[NH2+]/C(O)=C1\C=CC=CC1=[N+](C)C. The number of hydrogen-bond acceptors (Lipinski definition) is 1. The molecular formula is C10H16N2O+2. The molecule has 3 heteroatoms. The van der Waals surface area contributed by atoms with E-state index in [1.54, 1.807) is 5.32 Å². The van der Waals surface area contributed by atoms with Gasteiger partial charge >= 0.3 is 0 Å². The number of nitrogens with two attached hydrogens (primary N) is 1. The number of quaternary nitrogens is 1. The third-order valence-electron chi connectivity index (χ3n) is 1.94. The number of allylic oxidation sites excluding steroid dienone is 5. The molecule has 0 heterocycles. The molecule has 1 aliphatic rings. The van der Waals surface area contributed by atoms with Crippen LogP contribution in [-0.4, -0.2) is 36.5 Å². The Morgan fingerprint density at radius 1 is 1.31 bits per heavy atom. The summed E-state index contributed by atoms with van der Waals surface area (Å²) in [5.74, 6) is 0.323. The van der Waals surface area contributed by atoms with Crippen LogP contribution in [0.4, 0.5) is 0 Å². The smallest absolute Gasteiger partial charge is 0.299 e. The van der Waals surface area contributed by atoms with Gasteiger partial charge in [0.1, 0.15) is 19.7 Å². The molecule has 0 radical (unpaired) electrons. The number of nitrogens with zero attached hydrogens (tertiary/aromatic N) is 1. The van der Waals surface area contributed by atoms with Gasteiger partial charge in [-0.15, -0.1) is 0 Å². The first-order valence-electron chi connectivity index (χ1n) is 4.29. The highest BCUT2D eigenvalue weighted by atomic mass is 16.3. The van der Waals surface area contributed by atoms with Crippen molar-refractivity contribution in [2.24, 2.45) is 0 Å². The molecule has 13 heavy (non-hydrogen) atoms. The van der Waals surface area contributed by atoms with Crippen LogP contribution in [0.1, 0.15) is 0 Å². The lowest BCUT2D eigenvalue weighted by atomic mass is 10.1. The topological polar surface area (TPSA) is 39.9 Å². The summed E-state index contributed by atoms with van der Waals surface area (Å²) in [5.41, 5.74) is 1.90. The molecule has 1 rings (SSSR count). The lowest BCUT2D eigenvalue weighted by Crippen LogP contribution is -2.78. The van der Waals surface area contributed by atoms with Crippen LogP contribution in [0.2, 0.25) is 0 Å². The molecule has 0 bridgehead atoms. The first-order valence-corrected chi connectivity index (χ1v) is 4.29. The summed E-state index contributed by atoms with van der Waals surface area (Å²) in [6.45, 7) is 0. The molecule has 3 nitrogen and oxygen atoms in total. The van der Waals surface area contributed by atoms with Gasteiger partial charge in [0.05, 0.1) is 7.05 Å². The van der Waals surface area contributed by atoms with Crippen LogP contribution in [0.3, 0.4) is 0 Å². The van der Waals surface area contributed by atoms with E-state index in [0.29, 0.717) is 5.88 Å². The van der Waals surface area contributed by atoms with E-state index in [-0.39, 0.29) is 0 Å². The molecule has 3 N–H and O–H groups in total. The highest BCUT2D eigenvalue weighted by Crippen LogP contribution is 2.08. The maximum atomic E-state index is 9.59. The molecule has 0 aromatic rings. The first-order chi connectivity index (χ1) is 6.16. The monoisotopic (exact) mass is 180 g/mol. The van der Waals surface area contributed by atoms with Gasteiger partial charge in [0.2, 0.25) is 5.71 Å². The summed E-state index contributed by atoms with van der Waals surface area (Å²) in [4.78, 5) is 0. The van der Waals surface area contributed by atoms with Crippen molar-refractivity contribution in [3.8, 4) is 0 Å². The fourth-order valence-corrected chi connectivity index (χ4v) is 1.24. The van der Waals surface area contributed by atoms with E-state index in [1.807, 2.05) is 50.0 Å². The number of aliphatic hydroxyl groups excluding tert-OH is 1. The molecule has 0 spiro atoms. The van der Waals surface area contributed by atoms with Gasteiger partial charge in [0, 0.05) is 6.08 Å². The van der Waals surface area contributed by atoms with Crippen molar-refractivity contribution in [3.05, 3.63) is 35.8 Å². The Labute approximate surface area is 78.4 Å². The lowest BCUT2D eigenvalue weighted by molar-refractivity contribution is -0.603. The molecule has 0 aromatic heterocycles. The zero-order chi connectivity index (χ0) is 9.84. The maximum Gasteiger partial charge on any atom is 0.299 e. The van der Waals surface area contributed by atoms with Crippen molar-refractivity contribution in [1.82, 2.24) is 0 Å². The highest BCUT2D eigenvalue weighted by Gasteiger charge is 2.18. The minimum atomic E-state index is 0.323. The molecule has 0 fully saturated rings. The molecule has 0 atom stereocenters. The molecular weight excluding hydrogens is 164 g/mol. The fraction of sp³-hybridized carbons (Fsp3) is 0.300. The van der Waals surface area contributed by atoms with Gasteiger partial charge in [-0.2, -0.15) is 0 Å². The molecule has 0 aromatic carbocycles. The number of aliphatic hydroxyl groups is 1. The second-order valence-corrected chi connectivity index (χ2v) is 3.09. The first kappa shape index (κ1) is 9.74. The van der Waals surface area contributed by atoms with E-state index in [9.17, 15) is 5.11 Å². The van der Waals surface area contributed by atoms with Gasteiger partial charge in [-0.25, -0.2) is 4.58 Å². The van der Waals surface area contributed by atoms with Crippen molar-refractivity contribution in [2.75, 3.05) is 21.1 Å². The second kappa shape index (κ2) is 4.05. The van der Waals surface area contributed by atoms with Crippen LogP contribution in [-0.2, 0) is 0 Å². The van der Waals surface area contributed by atoms with Crippen molar-refractivity contribution in [1.29, 1.82) is 0 Å². The van der Waals surface area contributed by atoms with E-state index in [1.165, 1.54) is 0 Å². The van der Waals surface area contributed by atoms with Crippen molar-refractivity contribution < 1.29 is 15.0 Å². The zero-order valence-corrected chi connectivity index (χ0v) is 8.28. The average molecular weight is 180 g/mol. The largest absolute Gasteiger partial charge is 0.467 e. The lowest BCUT2D eigenvalue weighted by Gasteiger charge is -2.04. The van der Waals surface area contributed by atoms with Crippen LogP contribution < -0.4 is 5.32 Å². The maximum absolute atomic E-state index is 9.59. The minimum Gasteiger partial charge on any atom is -0.467 e. The summed E-state index contributed by atoms with van der Waals surface area (Å²) in [6.07, 6.45) is 7.77. The van der Waals surface area contributed by atoms with Gasteiger partial charge < -0.3 is 5.11 Å². The third-order valence-corrected chi connectivity index (χ3v) is 1.94. The van der Waals surface area contributed by atoms with Crippen LogP contribution in [0.5, 0.6) is 0 Å². The predicted molar refractivity (Wildman–Crippen MR) is 52.9 cm³/mol. The van der Waals surface area contributed by atoms with Crippen molar-refractivity contribution in [2.45, 2.75) is 0 Å². The predicted octanol–water partition coefficient (Wildman–Crippen LogP) is -0.212. The minimum absolute atomic E-state index is 0.323. The molecule has 0 aliphatic heterocycles. The summed E-state index contributed by atoms with van der Waals surface area (Å²) < 4.78 is 1.98. The molecule has 0 unspecified atom stereocenters. The second-order valence-electron chi connectivity index (χ2n) is 3.09. The van der Waals surface area contributed by atoms with Crippen LogP contribution >= 0.6 is 0 Å². The summed E-state index contributed by atoms with van der Waals surface area (Å²) >= 11 is 0. The fourth-order valence-electron chi connectivity index (χ4n) is 1.24. The van der Waals surface area contributed by atoms with E-state index in [4.69, 9.17) is 0 Å². The van der Waals surface area contributed by atoms with E-state index in [2.05, 4.69) is 0 Å². The Morgan fingerprint density at radius 2 is 1.92 bits per heavy atom. The van der Waals surface area contributed by atoms with E-state index >= 15 is 0 Å². The number of rotatable bonds is 1. The molecule has 0 saturated carbocycles. The van der Waals surface area contributed by atoms with Crippen molar-refractivity contribution >= 4 is 5.71 Å². The van der Waals surface area contributed by atoms with Crippen molar-refractivity contribution in [3.63, 3.8) is 0 Å². The molecule has 0 amide bonds. The molecule has 1 aliphatic carbocycles. The molecule has 0 saturated heterocycles. The van der Waals surface area contributed by atoms with Gasteiger partial charge in [0.25, 0.3) is 5.88 Å². The van der Waals surface area contributed by atoms with Gasteiger partial charge in [-0.05, 0) is 6.08 Å². The highest BCUT2D eigenvalue weighted by molar-refractivity contribution is 6.08. The van der Waals surface area contributed by atoms with Crippen LogP contribution in [0, 0.1) is 0 Å². The van der Waals surface area contributed by atoms with Crippen LogP contribution in [0.25, 0.3) is 0 Å². The van der Waals surface area contributed by atoms with E-state index in [0.717, 1.165) is 11.3 Å². The summed E-state index contributed by atoms with van der Waals surface area (Å²) in [7, 11) is 5.74. The Balaban J connectivity index is 3.18. The summed E-state index contributed by atoms with van der Waals surface area (Å²) in [6, 6.07) is 0. The summed E-state index contributed by atoms with van der Waals surface area (Å²) in [5, 5.41) is 11.3. The normalized spacial score (nSPS) is 19.2. The quantitative estimate of drug-likeness (QED) is 0.425. The standard InChI is InChI=1S/C10H14N2O/c1-11-10(13)8-6-4-5-7-9(8)12(2)3/h4-7H,1-3H3,(H,11,13)/p+2. The average Bonchev–Trinajstić information content (AvgIpc) is 2.16. The van der Waals surface area contributed by atoms with Gasteiger partial charge in [0.15, 0.2) is 0 Å². The van der Waals surface area contributed by atoms with Gasteiger partial charge in [-0.3, -0.25) is 5.32 Å². The van der Waals surface area contributed by atoms with Crippen LogP contribution in [0.15, 0.2) is 35.8 Å². The van der Waals surface area contributed by atoms with Gasteiger partial charge in [-0.1, -0.05) is 12.2 Å². The zero-order valence-electron chi connectivity index (χ0n) is 8.28. The molecule has 70 valence electrons. The Hall–Kier alpha value is -1.35. The Bertz CT molecular complexity index is 318. The Kier molecular flexibility index (Phi) is 3.03.